The maximum atomic E-state index is 14.0. The fourth-order valence-corrected chi connectivity index (χ4v) is 6.92. The number of rotatable bonds is 5. The van der Waals surface area contributed by atoms with E-state index in [1.165, 1.54) is 24.8 Å². The Morgan fingerprint density at radius 1 is 0.769 bits per heavy atom. The molecule has 0 unspecified atom stereocenters. The lowest BCUT2D eigenvalue weighted by molar-refractivity contribution is -0.137. The average molecular weight is 545 g/mol. The predicted octanol–water partition coefficient (Wildman–Crippen LogP) is 6.44. The molecule has 3 aliphatic rings. The summed E-state index contributed by atoms with van der Waals surface area (Å²) in [7, 11) is 0. The van der Waals surface area contributed by atoms with Crippen LogP contribution in [-0.2, 0) is 4.79 Å². The van der Waals surface area contributed by atoms with Crippen molar-refractivity contribution in [3.63, 3.8) is 0 Å². The molecule has 3 fully saturated rings. The van der Waals surface area contributed by atoms with E-state index in [9.17, 15) is 9.59 Å². The normalized spacial score (nSPS) is 20.9. The second-order valence-electron chi connectivity index (χ2n) is 11.4. The molecular formula is C32H37ClN4O2. The predicted molar refractivity (Wildman–Crippen MR) is 153 cm³/mol. The van der Waals surface area contributed by atoms with E-state index in [-0.39, 0.29) is 17.7 Å². The Morgan fingerprint density at radius 3 is 2.15 bits per heavy atom. The number of hydrogen-bond acceptors (Lipinski definition) is 3. The van der Waals surface area contributed by atoms with Gasteiger partial charge in [-0.25, -0.2) is 4.68 Å². The number of carbonyl (C=O) groups excluding carboxylic acids is 2. The molecule has 6 nitrogen and oxygen atoms in total. The number of likely N-dealkylation sites (tertiary alicyclic amines) is 2. The van der Waals surface area contributed by atoms with Crippen LogP contribution in [-0.4, -0.2) is 57.6 Å². The maximum Gasteiger partial charge on any atom is 0.257 e. The molecular weight excluding hydrogens is 508 g/mol. The number of hydrogen-bond donors (Lipinski definition) is 0. The van der Waals surface area contributed by atoms with Gasteiger partial charge < -0.3 is 9.80 Å². The summed E-state index contributed by atoms with van der Waals surface area (Å²) in [5, 5.41) is 5.40. The zero-order valence-corrected chi connectivity index (χ0v) is 23.2. The Hall–Kier alpha value is -3.12. The number of halogens is 1. The minimum Gasteiger partial charge on any atom is -0.342 e. The standard InChI is InChI=1S/C32H37ClN4O2/c33-27-11-13-28(14-12-27)37-30(24-15-18-35(19-16-24)31(38)25-9-5-2-6-10-25)29(21-34-37)32(39)36-20-17-26(22-36)23-7-3-1-4-8-23/h1,3-4,7-8,11-14,21,24-26H,2,5-6,9-10,15-20,22H2/t26-/m0/s1. The molecule has 3 aromatic rings. The molecule has 2 amide bonds. The van der Waals surface area contributed by atoms with Crippen molar-refractivity contribution >= 4 is 23.4 Å². The van der Waals surface area contributed by atoms with E-state index in [2.05, 4.69) is 29.2 Å². The van der Waals surface area contributed by atoms with Crippen LogP contribution >= 0.6 is 11.6 Å². The number of amides is 2. The lowest BCUT2D eigenvalue weighted by Gasteiger charge is -2.35. The van der Waals surface area contributed by atoms with Crippen LogP contribution in [0.15, 0.2) is 60.8 Å². The van der Waals surface area contributed by atoms with Crippen molar-refractivity contribution < 1.29 is 9.59 Å². The third-order valence-corrected chi connectivity index (χ3v) is 9.25. The molecule has 0 spiro atoms. The van der Waals surface area contributed by atoms with Crippen LogP contribution in [0.3, 0.4) is 0 Å². The summed E-state index contributed by atoms with van der Waals surface area (Å²) < 4.78 is 1.93. The first-order valence-corrected chi connectivity index (χ1v) is 14.9. The molecule has 7 heteroatoms. The van der Waals surface area contributed by atoms with Gasteiger partial charge in [0, 0.05) is 49.0 Å². The Balaban J connectivity index is 1.23. The summed E-state index contributed by atoms with van der Waals surface area (Å²) in [6.45, 7) is 2.94. The van der Waals surface area contributed by atoms with Crippen LogP contribution in [0, 0.1) is 5.92 Å². The fourth-order valence-electron chi connectivity index (χ4n) is 6.80. The van der Waals surface area contributed by atoms with Gasteiger partial charge in [-0.05, 0) is 61.9 Å². The van der Waals surface area contributed by atoms with Gasteiger partial charge in [-0.2, -0.15) is 5.10 Å². The van der Waals surface area contributed by atoms with Gasteiger partial charge in [0.25, 0.3) is 5.91 Å². The maximum absolute atomic E-state index is 14.0. The quantitative estimate of drug-likeness (QED) is 0.371. The van der Waals surface area contributed by atoms with E-state index in [0.717, 1.165) is 69.7 Å². The van der Waals surface area contributed by atoms with Gasteiger partial charge in [-0.1, -0.05) is 61.2 Å². The highest BCUT2D eigenvalue weighted by Crippen LogP contribution is 2.36. The number of carbonyl (C=O) groups is 2. The van der Waals surface area contributed by atoms with Gasteiger partial charge in [0.05, 0.1) is 23.1 Å². The van der Waals surface area contributed by atoms with Crippen molar-refractivity contribution in [2.75, 3.05) is 26.2 Å². The Labute approximate surface area is 235 Å². The lowest BCUT2D eigenvalue weighted by atomic mass is 9.86. The van der Waals surface area contributed by atoms with Crippen LogP contribution in [0.25, 0.3) is 5.69 Å². The highest BCUT2D eigenvalue weighted by atomic mass is 35.5. The van der Waals surface area contributed by atoms with Gasteiger partial charge in [0.2, 0.25) is 5.91 Å². The molecule has 1 atom stereocenters. The number of benzene rings is 2. The lowest BCUT2D eigenvalue weighted by Crippen LogP contribution is -2.42. The van der Waals surface area contributed by atoms with Crippen molar-refractivity contribution in [2.45, 2.75) is 63.2 Å². The third kappa shape index (κ3) is 5.49. The molecule has 1 aromatic heterocycles. The summed E-state index contributed by atoms with van der Waals surface area (Å²) >= 11 is 6.18. The van der Waals surface area contributed by atoms with E-state index in [0.29, 0.717) is 22.4 Å². The number of nitrogens with zero attached hydrogens (tertiary/aromatic N) is 4. The summed E-state index contributed by atoms with van der Waals surface area (Å²) in [5.74, 6) is 1.10. The van der Waals surface area contributed by atoms with E-state index < -0.39 is 0 Å². The van der Waals surface area contributed by atoms with Crippen molar-refractivity contribution in [3.05, 3.63) is 82.6 Å². The van der Waals surface area contributed by atoms with E-state index in [1.54, 1.807) is 6.20 Å². The molecule has 0 bridgehead atoms. The van der Waals surface area contributed by atoms with Gasteiger partial charge in [0.1, 0.15) is 0 Å². The summed E-state index contributed by atoms with van der Waals surface area (Å²) in [5.41, 5.74) is 3.85. The van der Waals surface area contributed by atoms with E-state index >= 15 is 0 Å². The SMILES string of the molecule is O=C(c1cnn(-c2ccc(Cl)cc2)c1C1CCN(C(=O)C2CCCCC2)CC1)N1CC[C@H](c2ccccc2)C1. The van der Waals surface area contributed by atoms with E-state index in [4.69, 9.17) is 16.7 Å². The van der Waals surface area contributed by atoms with Crippen molar-refractivity contribution in [1.82, 2.24) is 19.6 Å². The summed E-state index contributed by atoms with van der Waals surface area (Å²) in [4.78, 5) is 31.2. The Kier molecular flexibility index (Phi) is 7.73. The highest BCUT2D eigenvalue weighted by Gasteiger charge is 2.35. The smallest absolute Gasteiger partial charge is 0.257 e. The van der Waals surface area contributed by atoms with Gasteiger partial charge in [-0.15, -0.1) is 0 Å². The van der Waals surface area contributed by atoms with Crippen molar-refractivity contribution in [1.29, 1.82) is 0 Å². The first-order chi connectivity index (χ1) is 19.1. The third-order valence-electron chi connectivity index (χ3n) is 9.00. The number of aromatic nitrogens is 2. The molecule has 2 aliphatic heterocycles. The zero-order chi connectivity index (χ0) is 26.8. The molecule has 3 heterocycles. The topological polar surface area (TPSA) is 58.4 Å². The van der Waals surface area contributed by atoms with Crippen molar-refractivity contribution in [2.24, 2.45) is 5.92 Å². The van der Waals surface area contributed by atoms with Crippen LogP contribution < -0.4 is 0 Å². The molecule has 39 heavy (non-hydrogen) atoms. The Morgan fingerprint density at radius 2 is 1.44 bits per heavy atom. The Bertz CT molecular complexity index is 1290. The van der Waals surface area contributed by atoms with Gasteiger partial charge in [-0.3, -0.25) is 9.59 Å². The molecule has 2 saturated heterocycles. The molecule has 0 N–H and O–H groups in total. The average Bonchev–Trinajstić information content (AvgIpc) is 3.67. The first-order valence-electron chi connectivity index (χ1n) is 14.6. The second-order valence-corrected chi connectivity index (χ2v) is 11.9. The first kappa shape index (κ1) is 26.1. The van der Waals surface area contributed by atoms with E-state index in [1.807, 2.05) is 39.9 Å². The van der Waals surface area contributed by atoms with Crippen LogP contribution in [0.2, 0.25) is 5.02 Å². The molecule has 2 aromatic carbocycles. The summed E-state index contributed by atoms with van der Waals surface area (Å²) in [6.07, 6.45) is 10.0. The fraction of sp³-hybridized carbons (Fsp3) is 0.469. The monoisotopic (exact) mass is 544 g/mol. The van der Waals surface area contributed by atoms with Crippen LogP contribution in [0.1, 0.15) is 84.8 Å². The largest absolute Gasteiger partial charge is 0.342 e. The minimum atomic E-state index is 0.0596. The molecule has 204 valence electrons. The highest BCUT2D eigenvalue weighted by molar-refractivity contribution is 6.30. The molecule has 0 radical (unpaired) electrons. The van der Waals surface area contributed by atoms with Crippen LogP contribution in [0.4, 0.5) is 0 Å². The minimum absolute atomic E-state index is 0.0596. The second kappa shape index (κ2) is 11.5. The van der Waals surface area contributed by atoms with Crippen molar-refractivity contribution in [3.8, 4) is 5.69 Å². The number of piperidine rings is 1. The van der Waals surface area contributed by atoms with Gasteiger partial charge in [0.15, 0.2) is 0 Å². The van der Waals surface area contributed by atoms with Crippen LogP contribution in [0.5, 0.6) is 0 Å². The molecule has 1 aliphatic carbocycles. The van der Waals surface area contributed by atoms with Gasteiger partial charge >= 0.3 is 0 Å². The molecule has 1 saturated carbocycles. The zero-order valence-electron chi connectivity index (χ0n) is 22.5. The summed E-state index contributed by atoms with van der Waals surface area (Å²) in [6, 6.07) is 18.1. The molecule has 6 rings (SSSR count).